The van der Waals surface area contributed by atoms with Crippen LogP contribution in [0.4, 0.5) is 8.78 Å². The lowest BCUT2D eigenvalue weighted by Gasteiger charge is -2.36. The number of hydrogen-bond donors (Lipinski definition) is 1. The van der Waals surface area contributed by atoms with Gasteiger partial charge in [0.05, 0.1) is 10.9 Å². The quantitative estimate of drug-likeness (QED) is 0.712. The van der Waals surface area contributed by atoms with Crippen molar-refractivity contribution in [3.05, 3.63) is 52.2 Å². The number of halogens is 2. The molecule has 0 bridgehead atoms. The molecule has 6 nitrogen and oxygen atoms in total. The Morgan fingerprint density at radius 2 is 1.90 bits per heavy atom. The molecule has 2 aromatic rings. The summed E-state index contributed by atoms with van der Waals surface area (Å²) in [6, 6.07) is 6.17. The average molecular weight is 444 g/mol. The lowest BCUT2D eigenvalue weighted by atomic mass is 10.2. The van der Waals surface area contributed by atoms with Crippen LogP contribution in [0, 0.1) is 11.6 Å². The van der Waals surface area contributed by atoms with Crippen molar-refractivity contribution in [3.63, 3.8) is 0 Å². The molecule has 0 aliphatic carbocycles. The molecule has 1 amide bonds. The Hall–Kier alpha value is -1.88. The van der Waals surface area contributed by atoms with E-state index in [9.17, 15) is 22.0 Å². The SMILES string of the molecule is CC(C(=O)NCCc1cccs1)N1CCN(S(=O)(=O)c2ccc(F)c(F)c2)CC1. The first-order chi connectivity index (χ1) is 13.8. The third-order valence-electron chi connectivity index (χ3n) is 4.98. The highest BCUT2D eigenvalue weighted by Gasteiger charge is 2.32. The van der Waals surface area contributed by atoms with Crippen molar-refractivity contribution in [1.29, 1.82) is 0 Å². The first kappa shape index (κ1) is 21.8. The zero-order chi connectivity index (χ0) is 21.0. The number of carbonyl (C=O) groups excluding carboxylic acids is 1. The second-order valence-electron chi connectivity index (χ2n) is 6.81. The Morgan fingerprint density at radius 3 is 2.52 bits per heavy atom. The van der Waals surface area contributed by atoms with Crippen LogP contribution < -0.4 is 5.32 Å². The van der Waals surface area contributed by atoms with Gasteiger partial charge in [-0.05, 0) is 43.0 Å². The topological polar surface area (TPSA) is 69.7 Å². The molecule has 0 radical (unpaired) electrons. The van der Waals surface area contributed by atoms with Crippen molar-refractivity contribution in [2.24, 2.45) is 0 Å². The molecule has 29 heavy (non-hydrogen) atoms. The molecule has 2 heterocycles. The average Bonchev–Trinajstić information content (AvgIpc) is 3.23. The predicted octanol–water partition coefficient (Wildman–Crippen LogP) is 2.08. The minimum Gasteiger partial charge on any atom is -0.354 e. The molecule has 0 saturated carbocycles. The first-order valence-corrected chi connectivity index (χ1v) is 11.6. The number of carbonyl (C=O) groups is 1. The molecule has 3 rings (SSSR count). The van der Waals surface area contributed by atoms with Gasteiger partial charge in [-0.25, -0.2) is 17.2 Å². The van der Waals surface area contributed by atoms with Gasteiger partial charge in [-0.15, -0.1) is 11.3 Å². The second kappa shape index (κ2) is 9.29. The number of benzene rings is 1. The summed E-state index contributed by atoms with van der Waals surface area (Å²) in [5.74, 6) is -2.39. The summed E-state index contributed by atoms with van der Waals surface area (Å²) in [5.41, 5.74) is 0. The number of rotatable bonds is 7. The molecule has 1 aliphatic heterocycles. The van der Waals surface area contributed by atoms with Crippen molar-refractivity contribution in [2.45, 2.75) is 24.3 Å². The number of nitrogens with one attached hydrogen (secondary N) is 1. The molecule has 1 aromatic heterocycles. The lowest BCUT2D eigenvalue weighted by Crippen LogP contribution is -2.55. The summed E-state index contributed by atoms with van der Waals surface area (Å²) in [6.45, 7) is 3.45. The van der Waals surface area contributed by atoms with Crippen LogP contribution in [-0.4, -0.2) is 62.3 Å². The number of piperazine rings is 1. The van der Waals surface area contributed by atoms with Crippen molar-refractivity contribution < 1.29 is 22.0 Å². The van der Waals surface area contributed by atoms with Gasteiger partial charge in [0.2, 0.25) is 15.9 Å². The van der Waals surface area contributed by atoms with Crippen LogP contribution in [0.15, 0.2) is 40.6 Å². The van der Waals surface area contributed by atoms with E-state index in [1.54, 1.807) is 18.3 Å². The molecule has 1 fully saturated rings. The van der Waals surface area contributed by atoms with Gasteiger partial charge in [-0.3, -0.25) is 9.69 Å². The number of hydrogen-bond acceptors (Lipinski definition) is 5. The van der Waals surface area contributed by atoms with E-state index in [0.717, 1.165) is 18.6 Å². The van der Waals surface area contributed by atoms with E-state index in [1.165, 1.54) is 9.18 Å². The molecule has 1 unspecified atom stereocenters. The summed E-state index contributed by atoms with van der Waals surface area (Å²) >= 11 is 1.64. The normalized spacial score (nSPS) is 17.2. The van der Waals surface area contributed by atoms with Gasteiger partial charge < -0.3 is 5.32 Å². The number of thiophene rings is 1. The summed E-state index contributed by atoms with van der Waals surface area (Å²) in [5, 5.41) is 4.91. The molecular weight excluding hydrogens is 420 g/mol. The van der Waals surface area contributed by atoms with Crippen LogP contribution in [0.25, 0.3) is 0 Å². The van der Waals surface area contributed by atoms with E-state index in [2.05, 4.69) is 5.32 Å². The van der Waals surface area contributed by atoms with Gasteiger partial charge in [0.25, 0.3) is 0 Å². The highest BCUT2D eigenvalue weighted by Crippen LogP contribution is 2.20. The molecule has 158 valence electrons. The van der Waals surface area contributed by atoms with Crippen molar-refractivity contribution in [2.75, 3.05) is 32.7 Å². The molecule has 1 aliphatic rings. The van der Waals surface area contributed by atoms with Crippen LogP contribution in [-0.2, 0) is 21.2 Å². The Morgan fingerprint density at radius 1 is 1.17 bits per heavy atom. The van der Waals surface area contributed by atoms with Crippen LogP contribution in [0.3, 0.4) is 0 Å². The zero-order valence-electron chi connectivity index (χ0n) is 16.0. The smallest absolute Gasteiger partial charge is 0.243 e. The van der Waals surface area contributed by atoms with E-state index in [4.69, 9.17) is 0 Å². The van der Waals surface area contributed by atoms with E-state index < -0.39 is 21.7 Å². The van der Waals surface area contributed by atoms with Crippen molar-refractivity contribution in [3.8, 4) is 0 Å². The first-order valence-electron chi connectivity index (χ1n) is 9.28. The number of amides is 1. The predicted molar refractivity (Wildman–Crippen MR) is 107 cm³/mol. The molecule has 1 N–H and O–H groups in total. The van der Waals surface area contributed by atoms with E-state index in [1.807, 2.05) is 22.4 Å². The van der Waals surface area contributed by atoms with Gasteiger partial charge in [-0.2, -0.15) is 4.31 Å². The maximum absolute atomic E-state index is 13.4. The summed E-state index contributed by atoms with van der Waals surface area (Å²) in [6.07, 6.45) is 0.774. The van der Waals surface area contributed by atoms with Crippen molar-refractivity contribution >= 4 is 27.3 Å². The van der Waals surface area contributed by atoms with Crippen molar-refractivity contribution in [1.82, 2.24) is 14.5 Å². The summed E-state index contributed by atoms with van der Waals surface area (Å²) in [4.78, 5) is 15.2. The molecule has 1 aromatic carbocycles. The monoisotopic (exact) mass is 443 g/mol. The standard InChI is InChI=1S/C19H23F2N3O3S2/c1-14(19(25)22-7-6-15-3-2-12-28-15)23-8-10-24(11-9-23)29(26,27)16-4-5-17(20)18(21)13-16/h2-5,12-14H,6-11H2,1H3,(H,22,25). The second-order valence-corrected chi connectivity index (χ2v) is 9.78. The van der Waals surface area contributed by atoms with Gasteiger partial charge in [0.15, 0.2) is 11.6 Å². The van der Waals surface area contributed by atoms with Crippen LogP contribution in [0.2, 0.25) is 0 Å². The maximum atomic E-state index is 13.4. The van der Waals surface area contributed by atoms with Gasteiger partial charge in [0.1, 0.15) is 0 Å². The lowest BCUT2D eigenvalue weighted by molar-refractivity contribution is -0.126. The fourth-order valence-corrected chi connectivity index (χ4v) is 5.34. The number of sulfonamides is 1. The fourth-order valence-electron chi connectivity index (χ4n) is 3.19. The Labute approximate surface area is 173 Å². The largest absolute Gasteiger partial charge is 0.354 e. The van der Waals surface area contributed by atoms with Gasteiger partial charge in [-0.1, -0.05) is 6.07 Å². The Kier molecular flexibility index (Phi) is 6.99. The fraction of sp³-hybridized carbons (Fsp3) is 0.421. The minimum absolute atomic E-state index is 0.0986. The zero-order valence-corrected chi connectivity index (χ0v) is 17.6. The van der Waals surface area contributed by atoms with Crippen LogP contribution >= 0.6 is 11.3 Å². The van der Waals surface area contributed by atoms with Crippen LogP contribution in [0.5, 0.6) is 0 Å². The Balaban J connectivity index is 1.52. The minimum atomic E-state index is -3.91. The third-order valence-corrected chi connectivity index (χ3v) is 7.81. The molecule has 10 heteroatoms. The van der Waals surface area contributed by atoms with Crippen LogP contribution in [0.1, 0.15) is 11.8 Å². The molecule has 1 saturated heterocycles. The van der Waals surface area contributed by atoms with E-state index >= 15 is 0 Å². The van der Waals surface area contributed by atoms with Gasteiger partial charge in [0, 0.05) is 37.6 Å². The summed E-state index contributed by atoms with van der Waals surface area (Å²) in [7, 11) is -3.91. The van der Waals surface area contributed by atoms with E-state index in [-0.39, 0.29) is 29.9 Å². The maximum Gasteiger partial charge on any atom is 0.243 e. The molecule has 0 spiro atoms. The van der Waals surface area contributed by atoms with Gasteiger partial charge >= 0.3 is 0 Å². The third kappa shape index (κ3) is 5.19. The van der Waals surface area contributed by atoms with E-state index in [0.29, 0.717) is 25.7 Å². The highest BCUT2D eigenvalue weighted by molar-refractivity contribution is 7.89. The molecular formula is C19H23F2N3O3S2. The number of nitrogens with zero attached hydrogens (tertiary/aromatic N) is 2. The Bertz CT molecular complexity index is 944. The summed E-state index contributed by atoms with van der Waals surface area (Å²) < 4.78 is 53.0. The highest BCUT2D eigenvalue weighted by atomic mass is 32.2. The molecule has 1 atom stereocenters.